The van der Waals surface area contributed by atoms with Crippen LogP contribution in [0.4, 0.5) is 0 Å². The van der Waals surface area contributed by atoms with Crippen molar-refractivity contribution >= 4 is 20.0 Å². The average molecular weight is 214 g/mol. The van der Waals surface area contributed by atoms with Crippen molar-refractivity contribution in [2.24, 2.45) is 0 Å². The van der Waals surface area contributed by atoms with Crippen LogP contribution in [0, 0.1) is 0 Å². The lowest BCUT2D eigenvalue weighted by molar-refractivity contribution is 0.238. The molecule has 0 aliphatic carbocycles. The van der Waals surface area contributed by atoms with E-state index >= 15 is 0 Å². The smallest absolute Gasteiger partial charge is 0.264 e. The SMILES string of the molecule is CS(=O)(=O)O[C@H]1CCS(=O)(=O)C1. The molecule has 0 unspecified atom stereocenters. The number of hydrogen-bond acceptors (Lipinski definition) is 5. The fraction of sp³-hybridized carbons (Fsp3) is 1.00. The maximum atomic E-state index is 10.9. The standard InChI is InChI=1S/C5H10O5S2/c1-11(6,7)10-5-2-3-12(8,9)4-5/h5H,2-4H2,1H3/t5-/m0/s1. The van der Waals surface area contributed by atoms with Gasteiger partial charge in [-0.1, -0.05) is 0 Å². The Balaban J connectivity index is 2.61. The highest BCUT2D eigenvalue weighted by Gasteiger charge is 2.30. The van der Waals surface area contributed by atoms with Gasteiger partial charge in [0.05, 0.1) is 23.9 Å². The van der Waals surface area contributed by atoms with Gasteiger partial charge < -0.3 is 0 Å². The second-order valence-electron chi connectivity index (χ2n) is 2.83. The fourth-order valence-electron chi connectivity index (χ4n) is 1.08. The molecule has 0 N–H and O–H groups in total. The van der Waals surface area contributed by atoms with E-state index in [2.05, 4.69) is 4.18 Å². The van der Waals surface area contributed by atoms with Gasteiger partial charge in [-0.15, -0.1) is 0 Å². The Bertz CT molecular complexity index is 351. The maximum absolute atomic E-state index is 10.9. The summed E-state index contributed by atoms with van der Waals surface area (Å²) in [5, 5.41) is 0. The van der Waals surface area contributed by atoms with Gasteiger partial charge in [0.25, 0.3) is 10.1 Å². The molecule has 0 amide bonds. The molecular weight excluding hydrogens is 204 g/mol. The van der Waals surface area contributed by atoms with Crippen LogP contribution in [0.25, 0.3) is 0 Å². The summed E-state index contributed by atoms with van der Waals surface area (Å²) in [5.41, 5.74) is 0. The zero-order valence-corrected chi connectivity index (χ0v) is 8.19. The van der Waals surface area contributed by atoms with Gasteiger partial charge in [0.2, 0.25) is 0 Å². The molecule has 1 aliphatic rings. The summed E-state index contributed by atoms with van der Waals surface area (Å²) >= 11 is 0. The zero-order chi connectivity index (χ0) is 9.41. The molecule has 72 valence electrons. The Morgan fingerprint density at radius 1 is 1.42 bits per heavy atom. The van der Waals surface area contributed by atoms with Crippen molar-refractivity contribution in [1.82, 2.24) is 0 Å². The minimum Gasteiger partial charge on any atom is -0.266 e. The van der Waals surface area contributed by atoms with E-state index in [9.17, 15) is 16.8 Å². The van der Waals surface area contributed by atoms with Crippen molar-refractivity contribution in [3.63, 3.8) is 0 Å². The van der Waals surface area contributed by atoms with Crippen LogP contribution >= 0.6 is 0 Å². The van der Waals surface area contributed by atoms with E-state index in [1.165, 1.54) is 0 Å². The van der Waals surface area contributed by atoms with Crippen molar-refractivity contribution in [1.29, 1.82) is 0 Å². The molecule has 0 aromatic carbocycles. The Labute approximate surface area is 71.8 Å². The fourth-order valence-corrected chi connectivity index (χ4v) is 3.42. The molecule has 0 aromatic heterocycles. The molecule has 1 atom stereocenters. The lowest BCUT2D eigenvalue weighted by Gasteiger charge is -2.05. The highest BCUT2D eigenvalue weighted by Crippen LogP contribution is 2.16. The summed E-state index contributed by atoms with van der Waals surface area (Å²) in [5.74, 6) is -0.159. The minimum absolute atomic E-state index is 0.0210. The second-order valence-corrected chi connectivity index (χ2v) is 6.65. The molecule has 1 heterocycles. The molecule has 7 heteroatoms. The summed E-state index contributed by atoms with van der Waals surface area (Å²) in [6.45, 7) is 0. The summed E-state index contributed by atoms with van der Waals surface area (Å²) in [7, 11) is -6.58. The second kappa shape index (κ2) is 2.97. The molecule has 5 nitrogen and oxygen atoms in total. The van der Waals surface area contributed by atoms with Crippen LogP contribution in [0.15, 0.2) is 0 Å². The number of sulfone groups is 1. The van der Waals surface area contributed by atoms with Crippen LogP contribution in [0.3, 0.4) is 0 Å². The monoisotopic (exact) mass is 214 g/mol. The van der Waals surface area contributed by atoms with Crippen LogP contribution in [-0.2, 0) is 24.1 Å². The normalized spacial score (nSPS) is 28.9. The van der Waals surface area contributed by atoms with Gasteiger partial charge in [-0.3, -0.25) is 4.18 Å². The van der Waals surface area contributed by atoms with E-state index in [4.69, 9.17) is 0 Å². The average Bonchev–Trinajstić information content (AvgIpc) is 2.05. The van der Waals surface area contributed by atoms with E-state index in [0.29, 0.717) is 0 Å². The van der Waals surface area contributed by atoms with Gasteiger partial charge in [-0.2, -0.15) is 8.42 Å². The molecule has 1 fully saturated rings. The first-order valence-electron chi connectivity index (χ1n) is 3.37. The van der Waals surface area contributed by atoms with Crippen molar-refractivity contribution in [3.05, 3.63) is 0 Å². The van der Waals surface area contributed by atoms with Gasteiger partial charge in [0, 0.05) is 0 Å². The molecule has 12 heavy (non-hydrogen) atoms. The molecule has 0 aromatic rings. The third kappa shape index (κ3) is 3.08. The molecule has 0 bridgehead atoms. The summed E-state index contributed by atoms with van der Waals surface area (Å²) in [4.78, 5) is 0. The summed E-state index contributed by atoms with van der Waals surface area (Å²) < 4.78 is 47.4. The lowest BCUT2D eigenvalue weighted by Crippen LogP contribution is -2.18. The van der Waals surface area contributed by atoms with Gasteiger partial charge >= 0.3 is 0 Å². The quantitative estimate of drug-likeness (QED) is 0.559. The molecule has 1 saturated heterocycles. The molecular formula is C5H10O5S2. The molecule has 0 radical (unpaired) electrons. The van der Waals surface area contributed by atoms with Gasteiger partial charge in [-0.05, 0) is 6.42 Å². The zero-order valence-electron chi connectivity index (χ0n) is 6.56. The topological polar surface area (TPSA) is 77.5 Å². The van der Waals surface area contributed by atoms with E-state index in [0.717, 1.165) is 6.26 Å². The van der Waals surface area contributed by atoms with Gasteiger partial charge in [0.15, 0.2) is 9.84 Å². The molecule has 0 saturated carbocycles. The summed E-state index contributed by atoms with van der Waals surface area (Å²) in [6, 6.07) is 0. The number of hydrogen-bond donors (Lipinski definition) is 0. The van der Waals surface area contributed by atoms with E-state index in [-0.39, 0.29) is 17.9 Å². The molecule has 1 rings (SSSR count). The first-order chi connectivity index (χ1) is 5.29. The van der Waals surface area contributed by atoms with Crippen molar-refractivity contribution in [2.45, 2.75) is 12.5 Å². The highest BCUT2D eigenvalue weighted by atomic mass is 32.2. The first kappa shape index (κ1) is 9.94. The van der Waals surface area contributed by atoms with Crippen LogP contribution in [0.2, 0.25) is 0 Å². The molecule has 0 spiro atoms. The van der Waals surface area contributed by atoms with E-state index < -0.39 is 26.1 Å². The van der Waals surface area contributed by atoms with Crippen LogP contribution < -0.4 is 0 Å². The largest absolute Gasteiger partial charge is 0.266 e. The Kier molecular flexibility index (Phi) is 2.46. The van der Waals surface area contributed by atoms with Gasteiger partial charge in [-0.25, -0.2) is 8.42 Å². The Hall–Kier alpha value is -0.140. The lowest BCUT2D eigenvalue weighted by atomic mass is 10.3. The van der Waals surface area contributed by atoms with E-state index in [1.807, 2.05) is 0 Å². The van der Waals surface area contributed by atoms with Crippen molar-refractivity contribution in [2.75, 3.05) is 17.8 Å². The molecule has 1 aliphatic heterocycles. The predicted octanol–water partition coefficient (Wildman–Crippen LogP) is -0.850. The van der Waals surface area contributed by atoms with Crippen LogP contribution in [0.1, 0.15) is 6.42 Å². The minimum atomic E-state index is -3.52. The van der Waals surface area contributed by atoms with Crippen LogP contribution in [0.5, 0.6) is 0 Å². The van der Waals surface area contributed by atoms with Crippen molar-refractivity contribution < 1.29 is 21.0 Å². The summed E-state index contributed by atoms with van der Waals surface area (Å²) in [6.07, 6.45) is 0.512. The van der Waals surface area contributed by atoms with Crippen LogP contribution in [-0.4, -0.2) is 40.7 Å². The Morgan fingerprint density at radius 3 is 2.33 bits per heavy atom. The number of rotatable bonds is 2. The maximum Gasteiger partial charge on any atom is 0.264 e. The third-order valence-corrected chi connectivity index (χ3v) is 3.86. The highest BCUT2D eigenvalue weighted by molar-refractivity contribution is 7.91. The third-order valence-electron chi connectivity index (χ3n) is 1.50. The van der Waals surface area contributed by atoms with Crippen molar-refractivity contribution in [3.8, 4) is 0 Å². The van der Waals surface area contributed by atoms with Gasteiger partial charge in [0.1, 0.15) is 0 Å². The Morgan fingerprint density at radius 2 is 2.00 bits per heavy atom. The first-order valence-corrected chi connectivity index (χ1v) is 7.01. The van der Waals surface area contributed by atoms with E-state index in [1.54, 1.807) is 0 Å². The predicted molar refractivity (Wildman–Crippen MR) is 43.0 cm³/mol.